The predicted octanol–water partition coefficient (Wildman–Crippen LogP) is 3.01. The first-order valence-electron chi connectivity index (χ1n) is 8.78. The summed E-state index contributed by atoms with van der Waals surface area (Å²) in [5.74, 6) is -2.23. The van der Waals surface area contributed by atoms with Crippen LogP contribution < -0.4 is 15.4 Å². The summed E-state index contributed by atoms with van der Waals surface area (Å²) in [5.41, 5.74) is 0.964. The van der Waals surface area contributed by atoms with Gasteiger partial charge in [-0.25, -0.2) is 13.8 Å². The number of aromatic nitrogens is 2. The van der Waals surface area contributed by atoms with Crippen LogP contribution in [0.1, 0.15) is 0 Å². The second-order valence-electron chi connectivity index (χ2n) is 6.02. The van der Waals surface area contributed by atoms with Crippen LogP contribution in [-0.2, 0) is 9.59 Å². The summed E-state index contributed by atoms with van der Waals surface area (Å²) >= 11 is 1.21. The van der Waals surface area contributed by atoms with Crippen LogP contribution in [0.5, 0.6) is 5.75 Å². The highest BCUT2D eigenvalue weighted by Gasteiger charge is 2.11. The molecule has 1 aromatic heterocycles. The second kappa shape index (κ2) is 9.88. The Kier molecular flexibility index (Phi) is 7.02. The lowest BCUT2D eigenvalue weighted by Crippen LogP contribution is -2.34. The molecular formula is C20H18F2N4O3S. The fraction of sp³-hybridized carbons (Fsp3) is 0.150. The first-order chi connectivity index (χ1) is 14.5. The van der Waals surface area contributed by atoms with Crippen LogP contribution in [0, 0.1) is 11.6 Å². The molecule has 2 N–H and O–H groups in total. The minimum Gasteiger partial charge on any atom is -0.497 e. The molecule has 0 saturated heterocycles. The number of halogens is 2. The monoisotopic (exact) mass is 432 g/mol. The molecule has 1 heterocycles. The van der Waals surface area contributed by atoms with Gasteiger partial charge in [-0.05, 0) is 36.4 Å². The molecule has 0 unspecified atom stereocenters. The molecule has 2 amide bonds. The van der Waals surface area contributed by atoms with Gasteiger partial charge in [0.25, 0.3) is 0 Å². The Bertz CT molecular complexity index is 1040. The smallest absolute Gasteiger partial charge is 0.243 e. The van der Waals surface area contributed by atoms with Crippen molar-refractivity contribution in [3.63, 3.8) is 0 Å². The van der Waals surface area contributed by atoms with Crippen LogP contribution in [0.25, 0.3) is 5.69 Å². The fourth-order valence-corrected chi connectivity index (χ4v) is 3.28. The van der Waals surface area contributed by atoms with Gasteiger partial charge in [0.05, 0.1) is 19.4 Å². The van der Waals surface area contributed by atoms with E-state index in [1.807, 2.05) is 28.8 Å². The number of nitrogens with one attached hydrogen (secondary N) is 2. The Hall–Kier alpha value is -3.40. The number of methoxy groups -OCH3 is 1. The number of rotatable bonds is 8. The van der Waals surface area contributed by atoms with Crippen LogP contribution in [0.15, 0.2) is 60.0 Å². The summed E-state index contributed by atoms with van der Waals surface area (Å²) < 4.78 is 33.0. The van der Waals surface area contributed by atoms with E-state index in [4.69, 9.17) is 4.74 Å². The summed E-state index contributed by atoms with van der Waals surface area (Å²) in [6.07, 6.45) is 3.40. The van der Waals surface area contributed by atoms with Crippen LogP contribution in [0.4, 0.5) is 14.5 Å². The average Bonchev–Trinajstić information content (AvgIpc) is 3.22. The molecule has 0 radical (unpaired) electrons. The maximum Gasteiger partial charge on any atom is 0.243 e. The molecular weight excluding hydrogens is 414 g/mol. The van der Waals surface area contributed by atoms with E-state index in [-0.39, 0.29) is 23.9 Å². The van der Waals surface area contributed by atoms with E-state index in [1.54, 1.807) is 19.5 Å². The van der Waals surface area contributed by atoms with E-state index < -0.39 is 17.5 Å². The van der Waals surface area contributed by atoms with Gasteiger partial charge >= 0.3 is 0 Å². The normalized spacial score (nSPS) is 10.5. The lowest BCUT2D eigenvalue weighted by Gasteiger charge is -2.09. The Balaban J connectivity index is 1.48. The third-order valence-corrected chi connectivity index (χ3v) is 4.91. The maximum atomic E-state index is 13.2. The van der Waals surface area contributed by atoms with E-state index >= 15 is 0 Å². The summed E-state index contributed by atoms with van der Waals surface area (Å²) in [7, 11) is 1.59. The van der Waals surface area contributed by atoms with Gasteiger partial charge in [0.2, 0.25) is 11.8 Å². The Morgan fingerprint density at radius 3 is 2.57 bits per heavy atom. The summed E-state index contributed by atoms with van der Waals surface area (Å²) in [6, 6.07) is 10.4. The molecule has 0 saturated carbocycles. The van der Waals surface area contributed by atoms with Gasteiger partial charge in [0.1, 0.15) is 5.75 Å². The third-order valence-electron chi connectivity index (χ3n) is 3.94. The standard InChI is InChI=1S/C20H18F2N4O3S/c1-29-15-5-3-14(4-6-15)26-9-8-23-20(26)30-12-19(28)24-11-18(27)25-13-2-7-16(21)17(22)10-13/h2-10H,11-12H2,1H3,(H,24,28)(H,25,27). The Morgan fingerprint density at radius 1 is 1.10 bits per heavy atom. The number of amides is 2. The number of ether oxygens (including phenoxy) is 1. The molecule has 10 heteroatoms. The van der Waals surface area contributed by atoms with Gasteiger partial charge in [-0.1, -0.05) is 11.8 Å². The van der Waals surface area contributed by atoms with Crippen molar-refractivity contribution >= 4 is 29.3 Å². The van der Waals surface area contributed by atoms with Crippen molar-refractivity contribution in [1.29, 1.82) is 0 Å². The number of hydrogen-bond donors (Lipinski definition) is 2. The van der Waals surface area contributed by atoms with Gasteiger partial charge in [0, 0.05) is 29.8 Å². The fourth-order valence-electron chi connectivity index (χ4n) is 2.47. The summed E-state index contributed by atoms with van der Waals surface area (Å²) in [5, 5.41) is 5.47. The Labute approximate surface area is 175 Å². The first kappa shape index (κ1) is 21.3. The minimum atomic E-state index is -1.07. The molecule has 0 aliphatic rings. The van der Waals surface area contributed by atoms with Gasteiger partial charge in [-0.2, -0.15) is 0 Å². The Morgan fingerprint density at radius 2 is 1.87 bits per heavy atom. The molecule has 0 aliphatic carbocycles. The van der Waals surface area contributed by atoms with Gasteiger partial charge in [-0.15, -0.1) is 0 Å². The van der Waals surface area contributed by atoms with Crippen molar-refractivity contribution in [2.45, 2.75) is 5.16 Å². The molecule has 2 aromatic carbocycles. The van der Waals surface area contributed by atoms with E-state index in [0.29, 0.717) is 5.16 Å². The number of imidazole rings is 1. The highest BCUT2D eigenvalue weighted by atomic mass is 32.2. The van der Waals surface area contributed by atoms with E-state index in [9.17, 15) is 18.4 Å². The van der Waals surface area contributed by atoms with Gasteiger partial charge in [-0.3, -0.25) is 14.2 Å². The van der Waals surface area contributed by atoms with Crippen LogP contribution in [-0.4, -0.2) is 40.8 Å². The number of benzene rings is 2. The van der Waals surface area contributed by atoms with Crippen molar-refractivity contribution in [3.8, 4) is 11.4 Å². The van der Waals surface area contributed by atoms with Crippen molar-refractivity contribution in [2.75, 3.05) is 24.7 Å². The molecule has 0 bridgehead atoms. The van der Waals surface area contributed by atoms with Crippen LogP contribution in [0.2, 0.25) is 0 Å². The molecule has 0 spiro atoms. The van der Waals surface area contributed by atoms with Crippen molar-refractivity contribution < 1.29 is 23.1 Å². The van der Waals surface area contributed by atoms with Crippen LogP contribution >= 0.6 is 11.8 Å². The van der Waals surface area contributed by atoms with Crippen molar-refractivity contribution in [1.82, 2.24) is 14.9 Å². The molecule has 3 aromatic rings. The number of anilines is 1. The average molecular weight is 432 g/mol. The zero-order valence-electron chi connectivity index (χ0n) is 15.9. The third kappa shape index (κ3) is 5.57. The molecule has 30 heavy (non-hydrogen) atoms. The molecule has 156 valence electrons. The maximum absolute atomic E-state index is 13.2. The number of carbonyl (C=O) groups excluding carboxylic acids is 2. The molecule has 3 rings (SSSR count). The van der Waals surface area contributed by atoms with E-state index in [1.165, 1.54) is 17.8 Å². The zero-order chi connectivity index (χ0) is 21.5. The van der Waals surface area contributed by atoms with Gasteiger partial charge < -0.3 is 15.4 Å². The van der Waals surface area contributed by atoms with E-state index in [2.05, 4.69) is 15.6 Å². The lowest BCUT2D eigenvalue weighted by molar-refractivity contribution is -0.122. The largest absolute Gasteiger partial charge is 0.497 e. The highest BCUT2D eigenvalue weighted by molar-refractivity contribution is 7.99. The SMILES string of the molecule is COc1ccc(-n2ccnc2SCC(=O)NCC(=O)Nc2ccc(F)c(F)c2)cc1. The van der Waals surface area contributed by atoms with Crippen molar-refractivity contribution in [2.24, 2.45) is 0 Å². The number of nitrogens with zero attached hydrogens (tertiary/aromatic N) is 2. The predicted molar refractivity (Wildman–Crippen MR) is 109 cm³/mol. The molecule has 0 aliphatic heterocycles. The molecule has 0 atom stereocenters. The topological polar surface area (TPSA) is 85.2 Å². The van der Waals surface area contributed by atoms with E-state index in [0.717, 1.165) is 23.6 Å². The number of hydrogen-bond acceptors (Lipinski definition) is 5. The zero-order valence-corrected chi connectivity index (χ0v) is 16.7. The number of thioether (sulfide) groups is 1. The van der Waals surface area contributed by atoms with Gasteiger partial charge in [0.15, 0.2) is 16.8 Å². The number of carbonyl (C=O) groups is 2. The second-order valence-corrected chi connectivity index (χ2v) is 6.96. The molecule has 7 nitrogen and oxygen atoms in total. The van der Waals surface area contributed by atoms with Crippen LogP contribution in [0.3, 0.4) is 0 Å². The lowest BCUT2D eigenvalue weighted by atomic mass is 10.3. The first-order valence-corrected chi connectivity index (χ1v) is 9.77. The van der Waals surface area contributed by atoms with Crippen molar-refractivity contribution in [3.05, 3.63) is 66.5 Å². The summed E-state index contributed by atoms with van der Waals surface area (Å²) in [6.45, 7) is -0.300. The molecule has 0 fully saturated rings. The highest BCUT2D eigenvalue weighted by Crippen LogP contribution is 2.22. The quantitative estimate of drug-likeness (QED) is 0.535. The summed E-state index contributed by atoms with van der Waals surface area (Å²) in [4.78, 5) is 28.2. The minimum absolute atomic E-state index is 0.0472.